The highest BCUT2D eigenvalue weighted by atomic mass is 35.5. The lowest BCUT2D eigenvalue weighted by atomic mass is 10.2. The van der Waals surface area contributed by atoms with E-state index in [0.717, 1.165) is 12.1 Å². The minimum atomic E-state index is -1.42. The molecular formula is C8H5ClFNO3. The van der Waals surface area contributed by atoms with Crippen molar-refractivity contribution in [2.45, 2.75) is 0 Å². The van der Waals surface area contributed by atoms with Crippen molar-refractivity contribution in [3.8, 4) is 0 Å². The largest absolute Gasteiger partial charge is 0.478 e. The quantitative estimate of drug-likeness (QED) is 0.758. The molecule has 14 heavy (non-hydrogen) atoms. The highest BCUT2D eigenvalue weighted by Crippen LogP contribution is 2.24. The number of benzene rings is 1. The Hall–Kier alpha value is -1.62. The first-order valence-electron chi connectivity index (χ1n) is 3.48. The Kier molecular flexibility index (Phi) is 3.03. The van der Waals surface area contributed by atoms with Crippen LogP contribution in [-0.2, 0) is 4.79 Å². The number of nitrogens with one attached hydrogen (secondary N) is 1. The van der Waals surface area contributed by atoms with Crippen molar-refractivity contribution in [3.05, 3.63) is 28.5 Å². The van der Waals surface area contributed by atoms with Gasteiger partial charge in [-0.2, -0.15) is 0 Å². The van der Waals surface area contributed by atoms with Gasteiger partial charge >= 0.3 is 5.97 Å². The molecule has 0 atom stereocenters. The minimum Gasteiger partial charge on any atom is -0.478 e. The summed E-state index contributed by atoms with van der Waals surface area (Å²) in [7, 11) is 0. The zero-order chi connectivity index (χ0) is 10.7. The number of rotatable bonds is 3. The zero-order valence-electron chi connectivity index (χ0n) is 6.75. The van der Waals surface area contributed by atoms with Gasteiger partial charge in [0.2, 0.25) is 6.41 Å². The molecule has 6 heteroatoms. The first-order valence-corrected chi connectivity index (χ1v) is 3.86. The van der Waals surface area contributed by atoms with E-state index in [-0.39, 0.29) is 10.7 Å². The highest BCUT2D eigenvalue weighted by Gasteiger charge is 2.13. The molecule has 0 bridgehead atoms. The lowest BCUT2D eigenvalue weighted by Crippen LogP contribution is -2.03. The molecule has 2 N–H and O–H groups in total. The van der Waals surface area contributed by atoms with E-state index in [2.05, 4.69) is 5.32 Å². The summed E-state index contributed by atoms with van der Waals surface area (Å²) in [4.78, 5) is 20.6. The lowest BCUT2D eigenvalue weighted by molar-refractivity contribution is -0.105. The second-order valence-electron chi connectivity index (χ2n) is 2.38. The fourth-order valence-electron chi connectivity index (χ4n) is 0.887. The van der Waals surface area contributed by atoms with Crippen LogP contribution in [0.15, 0.2) is 12.1 Å². The van der Waals surface area contributed by atoms with E-state index in [1.165, 1.54) is 0 Å². The number of halogens is 2. The highest BCUT2D eigenvalue weighted by molar-refractivity contribution is 6.33. The van der Waals surface area contributed by atoms with Crippen LogP contribution in [-0.4, -0.2) is 17.5 Å². The number of hydrogen-bond donors (Lipinski definition) is 2. The number of carboxylic acid groups (broad SMARTS) is 1. The summed E-state index contributed by atoms with van der Waals surface area (Å²) in [5, 5.41) is 10.6. The molecule has 0 saturated carbocycles. The van der Waals surface area contributed by atoms with E-state index in [1.54, 1.807) is 0 Å². The van der Waals surface area contributed by atoms with E-state index in [4.69, 9.17) is 16.7 Å². The van der Waals surface area contributed by atoms with Crippen molar-refractivity contribution in [1.82, 2.24) is 0 Å². The van der Waals surface area contributed by atoms with Crippen LogP contribution in [0.4, 0.5) is 10.1 Å². The average molecular weight is 218 g/mol. The molecule has 1 aromatic rings. The molecular weight excluding hydrogens is 213 g/mol. The van der Waals surface area contributed by atoms with Crippen LogP contribution in [0, 0.1) is 5.82 Å². The maximum Gasteiger partial charge on any atom is 0.338 e. The number of amides is 1. The summed E-state index contributed by atoms with van der Waals surface area (Å²) < 4.78 is 12.9. The summed E-state index contributed by atoms with van der Waals surface area (Å²) in [6.45, 7) is 0. The van der Waals surface area contributed by atoms with Gasteiger partial charge in [0.1, 0.15) is 5.82 Å². The number of hydrogen-bond acceptors (Lipinski definition) is 2. The van der Waals surface area contributed by atoms with Gasteiger partial charge in [-0.25, -0.2) is 9.18 Å². The number of carbonyl (C=O) groups excluding carboxylic acids is 1. The molecule has 0 radical (unpaired) electrons. The molecule has 0 spiro atoms. The standard InChI is InChI=1S/C8H5ClFNO3/c9-5-2-6(10)4(8(13)14)1-7(5)11-3-12/h1-3H,(H,11,12)(H,13,14). The molecule has 1 rings (SSSR count). The van der Waals surface area contributed by atoms with Gasteiger partial charge in [0.05, 0.1) is 16.3 Å². The van der Waals surface area contributed by atoms with Crippen LogP contribution in [0.1, 0.15) is 10.4 Å². The van der Waals surface area contributed by atoms with Crippen LogP contribution in [0.3, 0.4) is 0 Å². The number of carbonyl (C=O) groups is 2. The molecule has 1 amide bonds. The first kappa shape index (κ1) is 10.5. The van der Waals surface area contributed by atoms with Crippen LogP contribution in [0.5, 0.6) is 0 Å². The van der Waals surface area contributed by atoms with E-state index in [9.17, 15) is 14.0 Å². The van der Waals surface area contributed by atoms with Gasteiger partial charge in [0.25, 0.3) is 0 Å². The topological polar surface area (TPSA) is 66.4 Å². The molecule has 0 aromatic heterocycles. The Morgan fingerprint density at radius 2 is 2.21 bits per heavy atom. The second-order valence-corrected chi connectivity index (χ2v) is 2.79. The Morgan fingerprint density at radius 1 is 1.57 bits per heavy atom. The summed E-state index contributed by atoms with van der Waals surface area (Å²) >= 11 is 5.53. The van der Waals surface area contributed by atoms with Gasteiger partial charge in [-0.1, -0.05) is 11.6 Å². The summed E-state index contributed by atoms with van der Waals surface area (Å²) in [6.07, 6.45) is 0.324. The Balaban J connectivity index is 3.26. The summed E-state index contributed by atoms with van der Waals surface area (Å²) in [5.41, 5.74) is -0.487. The monoisotopic (exact) mass is 217 g/mol. The SMILES string of the molecule is O=CNc1cc(C(=O)O)c(F)cc1Cl. The molecule has 0 aliphatic rings. The predicted molar refractivity (Wildman–Crippen MR) is 48.1 cm³/mol. The van der Waals surface area contributed by atoms with Crippen molar-refractivity contribution < 1.29 is 19.1 Å². The molecule has 0 aliphatic carbocycles. The molecule has 0 saturated heterocycles. The van der Waals surface area contributed by atoms with Crippen LogP contribution in [0.25, 0.3) is 0 Å². The molecule has 0 heterocycles. The lowest BCUT2D eigenvalue weighted by Gasteiger charge is -2.04. The van der Waals surface area contributed by atoms with Gasteiger partial charge in [-0.3, -0.25) is 4.79 Å². The van der Waals surface area contributed by atoms with Crippen molar-refractivity contribution in [1.29, 1.82) is 0 Å². The summed E-state index contributed by atoms with van der Waals surface area (Å²) in [5.74, 6) is -2.37. The van der Waals surface area contributed by atoms with Crippen molar-refractivity contribution >= 4 is 29.7 Å². The maximum atomic E-state index is 12.9. The van der Waals surface area contributed by atoms with Gasteiger partial charge in [0, 0.05) is 0 Å². The predicted octanol–water partition coefficient (Wildman–Crippen LogP) is 1.75. The fraction of sp³-hybridized carbons (Fsp3) is 0. The first-order chi connectivity index (χ1) is 6.56. The van der Waals surface area contributed by atoms with Crippen molar-refractivity contribution in [2.24, 2.45) is 0 Å². The van der Waals surface area contributed by atoms with Crippen molar-refractivity contribution in [3.63, 3.8) is 0 Å². The molecule has 0 unspecified atom stereocenters. The maximum absolute atomic E-state index is 12.9. The minimum absolute atomic E-state index is 0.0559. The Bertz CT molecular complexity index is 394. The van der Waals surface area contributed by atoms with Crippen LogP contribution >= 0.6 is 11.6 Å². The number of anilines is 1. The van der Waals surface area contributed by atoms with E-state index in [1.807, 2.05) is 0 Å². The third-order valence-electron chi connectivity index (χ3n) is 1.50. The summed E-state index contributed by atoms with van der Waals surface area (Å²) in [6, 6.07) is 1.78. The zero-order valence-corrected chi connectivity index (χ0v) is 7.51. The Labute approximate surface area is 83.3 Å². The van der Waals surface area contributed by atoms with Crippen LogP contribution < -0.4 is 5.32 Å². The van der Waals surface area contributed by atoms with E-state index in [0.29, 0.717) is 6.41 Å². The normalized spacial score (nSPS) is 9.57. The van der Waals surface area contributed by atoms with Crippen molar-refractivity contribution in [2.75, 3.05) is 5.32 Å². The third-order valence-corrected chi connectivity index (χ3v) is 1.81. The van der Waals surface area contributed by atoms with Gasteiger partial charge in [0.15, 0.2) is 0 Å². The van der Waals surface area contributed by atoms with Crippen LogP contribution in [0.2, 0.25) is 5.02 Å². The van der Waals surface area contributed by atoms with Gasteiger partial charge in [-0.05, 0) is 12.1 Å². The van der Waals surface area contributed by atoms with E-state index < -0.39 is 17.3 Å². The Morgan fingerprint density at radius 3 is 2.71 bits per heavy atom. The number of aromatic carboxylic acids is 1. The third kappa shape index (κ3) is 2.00. The molecule has 0 fully saturated rings. The average Bonchev–Trinajstić information content (AvgIpc) is 2.09. The fourth-order valence-corrected chi connectivity index (χ4v) is 1.09. The van der Waals surface area contributed by atoms with E-state index >= 15 is 0 Å². The second kappa shape index (κ2) is 4.06. The molecule has 1 aromatic carbocycles. The molecule has 4 nitrogen and oxygen atoms in total. The molecule has 74 valence electrons. The van der Waals surface area contributed by atoms with Gasteiger partial charge in [-0.15, -0.1) is 0 Å². The smallest absolute Gasteiger partial charge is 0.338 e. The van der Waals surface area contributed by atoms with Gasteiger partial charge < -0.3 is 10.4 Å². The molecule has 0 aliphatic heterocycles. The number of carboxylic acids is 1.